The van der Waals surface area contributed by atoms with Gasteiger partial charge >= 0.3 is 0 Å². The number of nitrogens with zero attached hydrogens (tertiary/aromatic N) is 3. The summed E-state index contributed by atoms with van der Waals surface area (Å²) < 4.78 is 0. The van der Waals surface area contributed by atoms with Gasteiger partial charge in [-0.3, -0.25) is 4.99 Å². The maximum absolute atomic E-state index is 5.05. The Kier molecular flexibility index (Phi) is 8.79. The monoisotopic (exact) mass is 462 g/mol. The molecule has 3 fully saturated rings. The number of hydrogen-bond donors (Lipinski definition) is 1. The van der Waals surface area contributed by atoms with Gasteiger partial charge in [-0.2, -0.15) is 0 Å². The number of nitrogens with one attached hydrogen (secondary N) is 1. The lowest BCUT2D eigenvalue weighted by atomic mass is 9.89. The summed E-state index contributed by atoms with van der Waals surface area (Å²) in [6, 6.07) is 0. The molecule has 0 aromatic heterocycles. The highest BCUT2D eigenvalue weighted by Gasteiger charge is 2.30. The molecular formula is C20H39IN4. The number of piperidine rings is 1. The lowest BCUT2D eigenvalue weighted by molar-refractivity contribution is 0.198. The fourth-order valence-electron chi connectivity index (χ4n) is 4.76. The SMILES string of the molecule is CCNC(=NCC1(C)CCCC1)N1CCC(CN2CCCCC2)C1.I. The summed E-state index contributed by atoms with van der Waals surface area (Å²) in [5.74, 6) is 2.00. The highest BCUT2D eigenvalue weighted by atomic mass is 127. The molecule has 2 aliphatic heterocycles. The summed E-state index contributed by atoms with van der Waals surface area (Å²) >= 11 is 0. The van der Waals surface area contributed by atoms with Gasteiger partial charge in [0.2, 0.25) is 0 Å². The van der Waals surface area contributed by atoms with E-state index in [1.54, 1.807) is 0 Å². The number of aliphatic imine (C=N–C) groups is 1. The molecule has 4 nitrogen and oxygen atoms in total. The van der Waals surface area contributed by atoms with E-state index in [9.17, 15) is 0 Å². The van der Waals surface area contributed by atoms with E-state index in [1.807, 2.05) is 0 Å². The van der Waals surface area contributed by atoms with Crippen LogP contribution in [-0.2, 0) is 0 Å². The van der Waals surface area contributed by atoms with Crippen LogP contribution < -0.4 is 5.32 Å². The molecular weight excluding hydrogens is 423 g/mol. The van der Waals surface area contributed by atoms with Crippen molar-refractivity contribution in [3.05, 3.63) is 0 Å². The van der Waals surface area contributed by atoms with E-state index in [-0.39, 0.29) is 24.0 Å². The van der Waals surface area contributed by atoms with Crippen molar-refractivity contribution in [2.24, 2.45) is 16.3 Å². The number of halogens is 1. The summed E-state index contributed by atoms with van der Waals surface area (Å²) in [5, 5.41) is 3.55. The molecule has 2 heterocycles. The Morgan fingerprint density at radius 1 is 1.08 bits per heavy atom. The molecule has 0 radical (unpaired) electrons. The van der Waals surface area contributed by atoms with Gasteiger partial charge in [0.1, 0.15) is 0 Å². The van der Waals surface area contributed by atoms with Crippen molar-refractivity contribution in [1.82, 2.24) is 15.1 Å². The number of guanidine groups is 1. The molecule has 2 saturated heterocycles. The van der Waals surface area contributed by atoms with Crippen LogP contribution in [0.15, 0.2) is 4.99 Å². The summed E-state index contributed by atoms with van der Waals surface area (Å²) in [6.45, 7) is 12.9. The topological polar surface area (TPSA) is 30.9 Å². The first-order valence-corrected chi connectivity index (χ1v) is 10.4. The molecule has 3 rings (SSSR count). The van der Waals surface area contributed by atoms with E-state index in [2.05, 4.69) is 29.0 Å². The average molecular weight is 462 g/mol. The van der Waals surface area contributed by atoms with Gasteiger partial charge in [-0.25, -0.2) is 0 Å². The first-order chi connectivity index (χ1) is 11.7. The normalized spacial score (nSPS) is 27.4. The molecule has 0 bridgehead atoms. The van der Waals surface area contributed by atoms with Crippen LogP contribution in [0.5, 0.6) is 0 Å². The van der Waals surface area contributed by atoms with Gasteiger partial charge in [0.15, 0.2) is 5.96 Å². The van der Waals surface area contributed by atoms with Crippen LogP contribution in [0.4, 0.5) is 0 Å². The Balaban J connectivity index is 0.00000225. The second kappa shape index (κ2) is 10.3. The molecule has 1 saturated carbocycles. The zero-order chi connectivity index (χ0) is 16.8. The summed E-state index contributed by atoms with van der Waals surface area (Å²) in [4.78, 5) is 10.3. The summed E-state index contributed by atoms with van der Waals surface area (Å²) in [6.07, 6.45) is 11.1. The second-order valence-corrected chi connectivity index (χ2v) is 8.65. The minimum absolute atomic E-state index is 0. The van der Waals surface area contributed by atoms with Crippen molar-refractivity contribution in [1.29, 1.82) is 0 Å². The van der Waals surface area contributed by atoms with E-state index in [1.165, 1.54) is 90.0 Å². The summed E-state index contributed by atoms with van der Waals surface area (Å²) in [7, 11) is 0. The molecule has 3 aliphatic rings. The van der Waals surface area contributed by atoms with Crippen LogP contribution in [0.25, 0.3) is 0 Å². The number of rotatable bonds is 5. The van der Waals surface area contributed by atoms with E-state index in [0.29, 0.717) is 5.41 Å². The van der Waals surface area contributed by atoms with Crippen LogP contribution in [-0.4, -0.2) is 61.6 Å². The molecule has 1 aliphatic carbocycles. The fraction of sp³-hybridized carbons (Fsp3) is 0.950. The molecule has 1 N–H and O–H groups in total. The van der Waals surface area contributed by atoms with Crippen molar-refractivity contribution in [3.63, 3.8) is 0 Å². The number of likely N-dealkylation sites (tertiary alicyclic amines) is 2. The van der Waals surface area contributed by atoms with Gasteiger partial charge in [-0.1, -0.05) is 26.2 Å². The highest BCUT2D eigenvalue weighted by molar-refractivity contribution is 14.0. The smallest absolute Gasteiger partial charge is 0.193 e. The molecule has 0 aromatic rings. The summed E-state index contributed by atoms with van der Waals surface area (Å²) in [5.41, 5.74) is 0.452. The Labute approximate surface area is 172 Å². The van der Waals surface area contributed by atoms with Gasteiger partial charge in [0, 0.05) is 32.7 Å². The van der Waals surface area contributed by atoms with Crippen molar-refractivity contribution >= 4 is 29.9 Å². The maximum atomic E-state index is 5.05. The van der Waals surface area contributed by atoms with Crippen molar-refractivity contribution in [2.75, 3.05) is 45.8 Å². The fourth-order valence-corrected chi connectivity index (χ4v) is 4.76. The predicted octanol–water partition coefficient (Wildman–Crippen LogP) is 3.96. The van der Waals surface area contributed by atoms with Gasteiger partial charge < -0.3 is 15.1 Å². The standard InChI is InChI=1S/C20H38N4.HI/c1-3-21-19(22-17-20(2)10-5-6-11-20)24-14-9-18(16-24)15-23-12-7-4-8-13-23;/h18H,3-17H2,1-2H3,(H,21,22);1H. The number of hydrogen-bond acceptors (Lipinski definition) is 2. The average Bonchev–Trinajstić information content (AvgIpc) is 3.22. The third-order valence-electron chi connectivity index (χ3n) is 6.31. The first-order valence-electron chi connectivity index (χ1n) is 10.4. The minimum atomic E-state index is 0. The van der Waals surface area contributed by atoms with Crippen molar-refractivity contribution in [2.45, 2.75) is 65.2 Å². The highest BCUT2D eigenvalue weighted by Crippen LogP contribution is 2.37. The van der Waals surface area contributed by atoms with Crippen molar-refractivity contribution in [3.8, 4) is 0 Å². The lowest BCUT2D eigenvalue weighted by Gasteiger charge is -2.29. The van der Waals surface area contributed by atoms with Crippen LogP contribution in [0.3, 0.4) is 0 Å². The maximum Gasteiger partial charge on any atom is 0.193 e. The molecule has 0 amide bonds. The van der Waals surface area contributed by atoms with Crippen LogP contribution in [0.1, 0.15) is 65.2 Å². The molecule has 0 spiro atoms. The van der Waals surface area contributed by atoms with Gasteiger partial charge in [-0.15, -0.1) is 24.0 Å². The predicted molar refractivity (Wildman–Crippen MR) is 118 cm³/mol. The largest absolute Gasteiger partial charge is 0.357 e. The zero-order valence-corrected chi connectivity index (χ0v) is 18.8. The lowest BCUT2D eigenvalue weighted by Crippen LogP contribution is -2.41. The Morgan fingerprint density at radius 2 is 1.80 bits per heavy atom. The molecule has 1 unspecified atom stereocenters. The van der Waals surface area contributed by atoms with Crippen LogP contribution in [0.2, 0.25) is 0 Å². The third kappa shape index (κ3) is 6.26. The Bertz CT molecular complexity index is 414. The van der Waals surface area contributed by atoms with Gasteiger partial charge in [0.25, 0.3) is 0 Å². The second-order valence-electron chi connectivity index (χ2n) is 8.65. The quantitative estimate of drug-likeness (QED) is 0.381. The van der Waals surface area contributed by atoms with Gasteiger partial charge in [0.05, 0.1) is 0 Å². The van der Waals surface area contributed by atoms with Crippen molar-refractivity contribution < 1.29 is 0 Å². The minimum Gasteiger partial charge on any atom is -0.357 e. The first kappa shape index (κ1) is 21.3. The molecule has 1 atom stereocenters. The Hall–Kier alpha value is -0.0400. The van der Waals surface area contributed by atoms with E-state index >= 15 is 0 Å². The van der Waals surface area contributed by atoms with Crippen LogP contribution >= 0.6 is 24.0 Å². The third-order valence-corrected chi connectivity index (χ3v) is 6.31. The zero-order valence-electron chi connectivity index (χ0n) is 16.4. The molecule has 5 heteroatoms. The molecule has 25 heavy (non-hydrogen) atoms. The van der Waals surface area contributed by atoms with E-state index in [0.717, 1.165) is 19.0 Å². The van der Waals surface area contributed by atoms with Gasteiger partial charge in [-0.05, 0) is 63.5 Å². The van der Waals surface area contributed by atoms with E-state index in [4.69, 9.17) is 4.99 Å². The Morgan fingerprint density at radius 3 is 2.48 bits per heavy atom. The molecule has 146 valence electrons. The molecule has 0 aromatic carbocycles. The van der Waals surface area contributed by atoms with E-state index < -0.39 is 0 Å². The van der Waals surface area contributed by atoms with Crippen LogP contribution in [0, 0.1) is 11.3 Å².